The number of rotatable bonds is 4. The van der Waals surface area contributed by atoms with Crippen molar-refractivity contribution in [2.75, 3.05) is 10.6 Å². The van der Waals surface area contributed by atoms with Crippen LogP contribution in [-0.4, -0.2) is 23.3 Å². The van der Waals surface area contributed by atoms with Crippen LogP contribution < -0.4 is 16.0 Å². The van der Waals surface area contributed by atoms with Crippen LogP contribution in [-0.2, 0) is 4.79 Å². The van der Waals surface area contributed by atoms with E-state index in [1.54, 1.807) is 48.5 Å². The van der Waals surface area contributed by atoms with Crippen LogP contribution in [0.5, 0.6) is 0 Å². The van der Waals surface area contributed by atoms with Gasteiger partial charge in [-0.15, -0.1) is 0 Å². The van der Waals surface area contributed by atoms with Crippen molar-refractivity contribution in [1.82, 2.24) is 5.32 Å². The second-order valence-corrected chi connectivity index (χ2v) is 7.00. The zero-order chi connectivity index (χ0) is 19.3. The average molecular weight is 353 g/mol. The number of hydrogen-bond acceptors (Lipinski definition) is 3. The zero-order valence-electron chi connectivity index (χ0n) is 15.3. The standard InChI is InChI=1S/C20H23N3O3/c1-13(24)21-16-8-10-17(11-9-16)22-18(25)14-6-5-7-15(12-14)19(26)23-20(2,3)4/h5-12H,1-4H3,(H,21,24)(H,22,25)(H,23,26). The molecule has 136 valence electrons. The number of amides is 3. The SMILES string of the molecule is CC(=O)Nc1ccc(NC(=O)c2cccc(C(=O)NC(C)(C)C)c2)cc1. The molecule has 0 bridgehead atoms. The second kappa shape index (κ2) is 7.82. The van der Waals surface area contributed by atoms with Crippen molar-refractivity contribution in [3.63, 3.8) is 0 Å². The third-order valence-electron chi connectivity index (χ3n) is 3.34. The van der Waals surface area contributed by atoms with Gasteiger partial charge >= 0.3 is 0 Å². The third-order valence-corrected chi connectivity index (χ3v) is 3.34. The Labute approximate surface area is 153 Å². The second-order valence-electron chi connectivity index (χ2n) is 7.00. The van der Waals surface area contributed by atoms with E-state index in [4.69, 9.17) is 0 Å². The highest BCUT2D eigenvalue weighted by Gasteiger charge is 2.16. The molecule has 2 aromatic carbocycles. The van der Waals surface area contributed by atoms with Crippen LogP contribution in [0, 0.1) is 0 Å². The van der Waals surface area contributed by atoms with E-state index in [2.05, 4.69) is 16.0 Å². The molecule has 3 amide bonds. The molecule has 26 heavy (non-hydrogen) atoms. The number of carbonyl (C=O) groups excluding carboxylic acids is 3. The molecule has 0 aliphatic rings. The van der Waals surface area contributed by atoms with E-state index < -0.39 is 0 Å². The lowest BCUT2D eigenvalue weighted by atomic mass is 10.1. The van der Waals surface area contributed by atoms with Gasteiger partial charge in [0.15, 0.2) is 0 Å². The maximum Gasteiger partial charge on any atom is 0.255 e. The average Bonchev–Trinajstić information content (AvgIpc) is 2.55. The Hall–Kier alpha value is -3.15. The molecule has 0 radical (unpaired) electrons. The molecule has 2 rings (SSSR count). The first-order valence-corrected chi connectivity index (χ1v) is 8.26. The third kappa shape index (κ3) is 5.73. The summed E-state index contributed by atoms with van der Waals surface area (Å²) in [6.45, 7) is 7.11. The van der Waals surface area contributed by atoms with Gasteiger partial charge in [-0.3, -0.25) is 14.4 Å². The first kappa shape index (κ1) is 19.2. The van der Waals surface area contributed by atoms with Gasteiger partial charge in [-0.05, 0) is 63.2 Å². The Morgan fingerprint density at radius 2 is 1.27 bits per heavy atom. The minimum absolute atomic E-state index is 0.160. The van der Waals surface area contributed by atoms with Crippen LogP contribution in [0.25, 0.3) is 0 Å². The largest absolute Gasteiger partial charge is 0.347 e. The van der Waals surface area contributed by atoms with Gasteiger partial charge in [-0.1, -0.05) is 6.07 Å². The lowest BCUT2D eigenvalue weighted by Crippen LogP contribution is -2.40. The minimum Gasteiger partial charge on any atom is -0.347 e. The summed E-state index contributed by atoms with van der Waals surface area (Å²) in [5.74, 6) is -0.707. The fraction of sp³-hybridized carbons (Fsp3) is 0.250. The summed E-state index contributed by atoms with van der Waals surface area (Å²) < 4.78 is 0. The smallest absolute Gasteiger partial charge is 0.255 e. The van der Waals surface area contributed by atoms with Crippen molar-refractivity contribution >= 4 is 29.1 Å². The predicted octanol–water partition coefficient (Wildman–Crippen LogP) is 3.43. The molecule has 0 heterocycles. The fourth-order valence-corrected chi connectivity index (χ4v) is 2.26. The van der Waals surface area contributed by atoms with Crippen molar-refractivity contribution < 1.29 is 14.4 Å². The molecular formula is C20H23N3O3. The van der Waals surface area contributed by atoms with Gasteiger partial charge in [0.2, 0.25) is 5.91 Å². The molecule has 0 aromatic heterocycles. The molecule has 0 aliphatic carbocycles. The fourth-order valence-electron chi connectivity index (χ4n) is 2.26. The first-order valence-electron chi connectivity index (χ1n) is 8.26. The van der Waals surface area contributed by atoms with Crippen molar-refractivity contribution in [2.45, 2.75) is 33.2 Å². The Balaban J connectivity index is 2.09. The van der Waals surface area contributed by atoms with E-state index in [1.165, 1.54) is 6.92 Å². The highest BCUT2D eigenvalue weighted by atomic mass is 16.2. The molecule has 0 unspecified atom stereocenters. The highest BCUT2D eigenvalue weighted by Crippen LogP contribution is 2.15. The van der Waals surface area contributed by atoms with E-state index in [0.29, 0.717) is 22.5 Å². The van der Waals surface area contributed by atoms with Gasteiger partial charge in [-0.2, -0.15) is 0 Å². The Bertz CT molecular complexity index is 821. The number of carbonyl (C=O) groups is 3. The molecule has 0 saturated carbocycles. The maximum absolute atomic E-state index is 12.4. The van der Waals surface area contributed by atoms with Gasteiger partial charge < -0.3 is 16.0 Å². The van der Waals surface area contributed by atoms with E-state index in [9.17, 15) is 14.4 Å². The number of anilines is 2. The van der Waals surface area contributed by atoms with Crippen molar-refractivity contribution in [1.29, 1.82) is 0 Å². The van der Waals surface area contributed by atoms with Crippen LogP contribution in [0.4, 0.5) is 11.4 Å². The zero-order valence-corrected chi connectivity index (χ0v) is 15.3. The van der Waals surface area contributed by atoms with Gasteiger partial charge in [0.05, 0.1) is 0 Å². The van der Waals surface area contributed by atoms with Crippen LogP contribution in [0.3, 0.4) is 0 Å². The quantitative estimate of drug-likeness (QED) is 0.787. The summed E-state index contributed by atoms with van der Waals surface area (Å²) in [5.41, 5.74) is 1.70. The Kier molecular flexibility index (Phi) is 5.77. The Morgan fingerprint density at radius 3 is 1.77 bits per heavy atom. The highest BCUT2D eigenvalue weighted by molar-refractivity contribution is 6.06. The summed E-state index contributed by atoms with van der Waals surface area (Å²) in [4.78, 5) is 35.7. The first-order chi connectivity index (χ1) is 12.1. The summed E-state index contributed by atoms with van der Waals surface area (Å²) in [5, 5.41) is 8.30. The molecule has 2 aromatic rings. The molecule has 0 saturated heterocycles. The maximum atomic E-state index is 12.4. The van der Waals surface area contributed by atoms with Crippen molar-refractivity contribution in [2.24, 2.45) is 0 Å². The molecule has 0 atom stereocenters. The van der Waals surface area contributed by atoms with E-state index in [1.807, 2.05) is 20.8 Å². The van der Waals surface area contributed by atoms with Crippen LogP contribution in [0.2, 0.25) is 0 Å². The summed E-state index contributed by atoms with van der Waals surface area (Å²) in [6, 6.07) is 13.3. The topological polar surface area (TPSA) is 87.3 Å². The monoisotopic (exact) mass is 353 g/mol. The van der Waals surface area contributed by atoms with Crippen LogP contribution in [0.1, 0.15) is 48.4 Å². The normalized spacial score (nSPS) is 10.8. The van der Waals surface area contributed by atoms with Crippen LogP contribution in [0.15, 0.2) is 48.5 Å². The summed E-state index contributed by atoms with van der Waals surface area (Å²) >= 11 is 0. The molecule has 3 N–H and O–H groups in total. The lowest BCUT2D eigenvalue weighted by molar-refractivity contribution is -0.114. The van der Waals surface area contributed by atoms with E-state index in [-0.39, 0.29) is 23.3 Å². The van der Waals surface area contributed by atoms with Gasteiger partial charge in [0.25, 0.3) is 11.8 Å². The molecule has 6 heteroatoms. The molecule has 0 fully saturated rings. The van der Waals surface area contributed by atoms with Crippen molar-refractivity contribution in [3.05, 3.63) is 59.7 Å². The lowest BCUT2D eigenvalue weighted by Gasteiger charge is -2.20. The number of nitrogens with one attached hydrogen (secondary N) is 3. The van der Waals surface area contributed by atoms with Gasteiger partial charge in [0, 0.05) is 35.0 Å². The minimum atomic E-state index is -0.356. The van der Waals surface area contributed by atoms with E-state index >= 15 is 0 Å². The van der Waals surface area contributed by atoms with E-state index in [0.717, 1.165) is 0 Å². The van der Waals surface area contributed by atoms with Crippen molar-refractivity contribution in [3.8, 4) is 0 Å². The van der Waals surface area contributed by atoms with Gasteiger partial charge in [-0.25, -0.2) is 0 Å². The molecule has 0 aliphatic heterocycles. The summed E-state index contributed by atoms with van der Waals surface area (Å²) in [6.07, 6.45) is 0. The molecule has 0 spiro atoms. The number of hydrogen-bond donors (Lipinski definition) is 3. The van der Waals surface area contributed by atoms with Crippen LogP contribution >= 0.6 is 0 Å². The predicted molar refractivity (Wildman–Crippen MR) is 102 cm³/mol. The Morgan fingerprint density at radius 1 is 0.769 bits per heavy atom. The summed E-state index contributed by atoms with van der Waals surface area (Å²) in [7, 11) is 0. The van der Waals surface area contributed by atoms with Gasteiger partial charge in [0.1, 0.15) is 0 Å². The molecule has 6 nitrogen and oxygen atoms in total. The number of benzene rings is 2. The molecular weight excluding hydrogens is 330 g/mol.